The molecule has 1 atom stereocenters. The summed E-state index contributed by atoms with van der Waals surface area (Å²) in [5.41, 5.74) is 6.58. The van der Waals surface area contributed by atoms with Crippen molar-refractivity contribution in [1.82, 2.24) is 4.90 Å². The van der Waals surface area contributed by atoms with Crippen molar-refractivity contribution in [2.75, 3.05) is 20.1 Å². The van der Waals surface area contributed by atoms with Gasteiger partial charge < -0.3 is 10.6 Å². The highest BCUT2D eigenvalue weighted by Gasteiger charge is 2.21. The Hall–Kier alpha value is -1.86. The lowest BCUT2D eigenvalue weighted by molar-refractivity contribution is -0.131. The maximum absolute atomic E-state index is 12.1. The number of nitrogens with two attached hydrogens (primary N) is 1. The van der Waals surface area contributed by atoms with E-state index in [9.17, 15) is 4.79 Å². The Morgan fingerprint density at radius 3 is 2.65 bits per heavy atom. The zero-order valence-electron chi connectivity index (χ0n) is 9.97. The first kappa shape index (κ1) is 13.2. The largest absolute Gasteiger partial charge is 0.344 e. The highest BCUT2D eigenvalue weighted by Crippen LogP contribution is 2.16. The first-order chi connectivity index (χ1) is 8.20. The minimum atomic E-state index is -0.320. The van der Waals surface area contributed by atoms with E-state index in [4.69, 9.17) is 11.0 Å². The molecule has 0 saturated carbocycles. The van der Waals surface area contributed by atoms with E-state index in [2.05, 4.69) is 0 Å². The van der Waals surface area contributed by atoms with Crippen LogP contribution in [0.5, 0.6) is 0 Å². The lowest BCUT2D eigenvalue weighted by Crippen LogP contribution is -2.35. The van der Waals surface area contributed by atoms with Gasteiger partial charge in [0.25, 0.3) is 0 Å². The number of carbonyl (C=O) groups excluding carboxylic acids is 1. The Balaban J connectivity index is 2.75. The van der Waals surface area contributed by atoms with Crippen molar-refractivity contribution in [2.24, 2.45) is 5.73 Å². The molecule has 0 heterocycles. The number of carbonyl (C=O) groups is 1. The van der Waals surface area contributed by atoms with Gasteiger partial charge >= 0.3 is 0 Å². The van der Waals surface area contributed by atoms with Crippen LogP contribution in [0.4, 0.5) is 0 Å². The van der Waals surface area contributed by atoms with Crippen LogP contribution in [0.2, 0.25) is 0 Å². The fourth-order valence-electron chi connectivity index (χ4n) is 1.66. The van der Waals surface area contributed by atoms with Gasteiger partial charge in [-0.1, -0.05) is 30.3 Å². The predicted octanol–water partition coefficient (Wildman–Crippen LogP) is 1.10. The Kier molecular flexibility index (Phi) is 5.18. The van der Waals surface area contributed by atoms with Crippen molar-refractivity contribution in [3.8, 4) is 6.07 Å². The van der Waals surface area contributed by atoms with E-state index >= 15 is 0 Å². The minimum Gasteiger partial charge on any atom is -0.344 e. The van der Waals surface area contributed by atoms with E-state index in [0.29, 0.717) is 13.0 Å². The van der Waals surface area contributed by atoms with Gasteiger partial charge in [0.15, 0.2) is 0 Å². The van der Waals surface area contributed by atoms with Crippen LogP contribution in [0.25, 0.3) is 0 Å². The summed E-state index contributed by atoms with van der Waals surface area (Å²) in [5.74, 6) is -0.353. The third kappa shape index (κ3) is 3.58. The molecule has 0 aromatic heterocycles. The van der Waals surface area contributed by atoms with E-state index in [1.165, 1.54) is 0 Å². The van der Waals surface area contributed by atoms with E-state index in [1.807, 2.05) is 36.4 Å². The van der Waals surface area contributed by atoms with Crippen LogP contribution in [-0.2, 0) is 4.79 Å². The SMILES string of the molecule is CN(CCC#N)C(=O)C(CN)c1ccccc1. The molecule has 4 nitrogen and oxygen atoms in total. The van der Waals surface area contributed by atoms with Crippen LogP contribution in [0.15, 0.2) is 30.3 Å². The van der Waals surface area contributed by atoms with Crippen LogP contribution >= 0.6 is 0 Å². The number of nitrogens with zero attached hydrogens (tertiary/aromatic N) is 2. The number of hydrogen-bond acceptors (Lipinski definition) is 3. The van der Waals surface area contributed by atoms with Crippen LogP contribution in [0, 0.1) is 11.3 Å². The second kappa shape index (κ2) is 6.66. The molecule has 0 saturated heterocycles. The Morgan fingerprint density at radius 1 is 1.47 bits per heavy atom. The number of benzene rings is 1. The van der Waals surface area contributed by atoms with Gasteiger partial charge in [0.1, 0.15) is 0 Å². The van der Waals surface area contributed by atoms with Gasteiger partial charge in [0.05, 0.1) is 18.4 Å². The van der Waals surface area contributed by atoms with E-state index in [0.717, 1.165) is 5.56 Å². The number of rotatable bonds is 5. The lowest BCUT2D eigenvalue weighted by Gasteiger charge is -2.22. The number of amides is 1. The molecule has 0 radical (unpaired) electrons. The molecule has 1 amide bonds. The van der Waals surface area contributed by atoms with Crippen molar-refractivity contribution in [2.45, 2.75) is 12.3 Å². The summed E-state index contributed by atoms with van der Waals surface area (Å²) < 4.78 is 0. The van der Waals surface area contributed by atoms with Crippen molar-refractivity contribution in [3.05, 3.63) is 35.9 Å². The first-order valence-electron chi connectivity index (χ1n) is 5.57. The van der Waals surface area contributed by atoms with Gasteiger partial charge in [0.2, 0.25) is 5.91 Å². The molecule has 2 N–H and O–H groups in total. The third-order valence-electron chi connectivity index (χ3n) is 2.67. The van der Waals surface area contributed by atoms with E-state index in [-0.39, 0.29) is 18.4 Å². The summed E-state index contributed by atoms with van der Waals surface area (Å²) in [4.78, 5) is 13.7. The van der Waals surface area contributed by atoms with E-state index < -0.39 is 0 Å². The van der Waals surface area contributed by atoms with Crippen LogP contribution in [0.1, 0.15) is 17.9 Å². The average molecular weight is 231 g/mol. The number of hydrogen-bond donors (Lipinski definition) is 1. The number of nitriles is 1. The van der Waals surface area contributed by atoms with Gasteiger partial charge in [-0.3, -0.25) is 4.79 Å². The first-order valence-corrected chi connectivity index (χ1v) is 5.57. The van der Waals surface area contributed by atoms with Crippen LogP contribution < -0.4 is 5.73 Å². The van der Waals surface area contributed by atoms with Crippen molar-refractivity contribution in [3.63, 3.8) is 0 Å². The third-order valence-corrected chi connectivity index (χ3v) is 2.67. The average Bonchev–Trinajstić information content (AvgIpc) is 2.38. The summed E-state index contributed by atoms with van der Waals surface area (Å²) >= 11 is 0. The second-order valence-corrected chi connectivity index (χ2v) is 3.87. The van der Waals surface area contributed by atoms with Gasteiger partial charge in [-0.15, -0.1) is 0 Å². The quantitative estimate of drug-likeness (QED) is 0.825. The minimum absolute atomic E-state index is 0.0334. The molecule has 1 unspecified atom stereocenters. The monoisotopic (exact) mass is 231 g/mol. The second-order valence-electron chi connectivity index (χ2n) is 3.87. The molecular weight excluding hydrogens is 214 g/mol. The molecule has 0 bridgehead atoms. The summed E-state index contributed by atoms with van der Waals surface area (Å²) in [5, 5.41) is 8.50. The molecule has 0 aliphatic rings. The normalized spacial score (nSPS) is 11.6. The van der Waals surface area contributed by atoms with Gasteiger partial charge in [-0.2, -0.15) is 5.26 Å². The fraction of sp³-hybridized carbons (Fsp3) is 0.385. The summed E-state index contributed by atoms with van der Waals surface area (Å²) in [6.07, 6.45) is 0.342. The highest BCUT2D eigenvalue weighted by molar-refractivity contribution is 5.83. The summed E-state index contributed by atoms with van der Waals surface area (Å²) in [7, 11) is 1.70. The van der Waals surface area contributed by atoms with Gasteiger partial charge in [-0.25, -0.2) is 0 Å². The Bertz CT molecular complexity index is 397. The summed E-state index contributed by atoms with van der Waals surface area (Å²) in [6.45, 7) is 0.721. The Morgan fingerprint density at radius 2 is 2.12 bits per heavy atom. The maximum Gasteiger partial charge on any atom is 0.231 e. The zero-order valence-corrected chi connectivity index (χ0v) is 9.97. The van der Waals surface area contributed by atoms with Crippen LogP contribution in [-0.4, -0.2) is 30.9 Å². The highest BCUT2D eigenvalue weighted by atomic mass is 16.2. The topological polar surface area (TPSA) is 70.1 Å². The predicted molar refractivity (Wildman–Crippen MR) is 66.1 cm³/mol. The summed E-state index contributed by atoms with van der Waals surface area (Å²) in [6, 6.07) is 11.5. The number of likely N-dealkylation sites (N-methyl/N-ethyl adjacent to an activating group) is 1. The van der Waals surface area contributed by atoms with Crippen LogP contribution in [0.3, 0.4) is 0 Å². The maximum atomic E-state index is 12.1. The molecule has 1 aromatic rings. The lowest BCUT2D eigenvalue weighted by atomic mass is 9.98. The van der Waals surface area contributed by atoms with Crippen molar-refractivity contribution in [1.29, 1.82) is 5.26 Å². The zero-order chi connectivity index (χ0) is 12.7. The smallest absolute Gasteiger partial charge is 0.231 e. The molecule has 90 valence electrons. The molecule has 0 fully saturated rings. The fourth-order valence-corrected chi connectivity index (χ4v) is 1.66. The van der Waals surface area contributed by atoms with Crippen molar-refractivity contribution >= 4 is 5.91 Å². The van der Waals surface area contributed by atoms with Crippen molar-refractivity contribution < 1.29 is 4.79 Å². The molecule has 4 heteroatoms. The molecule has 1 aromatic carbocycles. The molecule has 0 aliphatic carbocycles. The standard InChI is InChI=1S/C13H17N3O/c1-16(9-5-8-14)13(17)12(10-15)11-6-3-2-4-7-11/h2-4,6-7,12H,5,9-10,15H2,1H3. The molecular formula is C13H17N3O. The molecule has 1 rings (SSSR count). The molecule has 0 aliphatic heterocycles. The molecule has 17 heavy (non-hydrogen) atoms. The molecule has 0 spiro atoms. The van der Waals surface area contributed by atoms with E-state index in [1.54, 1.807) is 11.9 Å². The van der Waals surface area contributed by atoms with Gasteiger partial charge in [0, 0.05) is 20.1 Å². The van der Waals surface area contributed by atoms with Gasteiger partial charge in [-0.05, 0) is 5.56 Å². The Labute approximate surface area is 102 Å².